The molecule has 0 radical (unpaired) electrons. The zero-order valence-corrected chi connectivity index (χ0v) is 5.47. The van der Waals surface area contributed by atoms with Crippen molar-refractivity contribution in [3.05, 3.63) is 25.1 Å². The minimum atomic E-state index is 0.771. The highest BCUT2D eigenvalue weighted by Crippen LogP contribution is 2.09. The van der Waals surface area contributed by atoms with Gasteiger partial charge in [-0.1, -0.05) is 6.08 Å². The van der Waals surface area contributed by atoms with Crippen LogP contribution in [0, 0.1) is 0 Å². The van der Waals surface area contributed by atoms with Crippen molar-refractivity contribution in [2.75, 3.05) is 19.7 Å². The summed E-state index contributed by atoms with van der Waals surface area (Å²) in [4.78, 5) is 2.05. The van der Waals surface area contributed by atoms with E-state index in [0.29, 0.717) is 0 Å². The molecule has 0 amide bonds. The van der Waals surface area contributed by atoms with Gasteiger partial charge in [-0.3, -0.25) is 0 Å². The number of hydrogen-bond acceptors (Lipinski definition) is 2. The number of rotatable bonds is 2. The predicted molar refractivity (Wildman–Crippen MR) is 36.9 cm³/mol. The number of hydrogen-bond donors (Lipinski definition) is 0. The van der Waals surface area contributed by atoms with Gasteiger partial charge in [-0.2, -0.15) is 0 Å². The van der Waals surface area contributed by atoms with Gasteiger partial charge in [-0.25, -0.2) is 0 Å². The topological polar surface area (TPSA) is 12.5 Å². The SMILES string of the molecule is C=CCN1CCOC1=C. The normalized spacial score (nSPS) is 17.8. The fourth-order valence-electron chi connectivity index (χ4n) is 0.839. The molecule has 0 spiro atoms. The van der Waals surface area contributed by atoms with Gasteiger partial charge in [-0.15, -0.1) is 6.58 Å². The van der Waals surface area contributed by atoms with Crippen molar-refractivity contribution in [2.24, 2.45) is 0 Å². The van der Waals surface area contributed by atoms with E-state index in [1.807, 2.05) is 11.0 Å². The Labute approximate surface area is 55.4 Å². The minimum Gasteiger partial charge on any atom is -0.478 e. The summed E-state index contributed by atoms with van der Waals surface area (Å²) >= 11 is 0. The van der Waals surface area contributed by atoms with Gasteiger partial charge >= 0.3 is 0 Å². The Morgan fingerprint density at radius 3 is 3.00 bits per heavy atom. The monoisotopic (exact) mass is 125 g/mol. The smallest absolute Gasteiger partial charge is 0.182 e. The van der Waals surface area contributed by atoms with Gasteiger partial charge in [0, 0.05) is 6.54 Å². The highest BCUT2D eigenvalue weighted by Gasteiger charge is 2.12. The molecule has 1 aliphatic heterocycles. The van der Waals surface area contributed by atoms with Crippen molar-refractivity contribution in [3.8, 4) is 0 Å². The fraction of sp³-hybridized carbons (Fsp3) is 0.429. The van der Waals surface area contributed by atoms with Crippen LogP contribution in [0.2, 0.25) is 0 Å². The van der Waals surface area contributed by atoms with E-state index in [9.17, 15) is 0 Å². The highest BCUT2D eigenvalue weighted by atomic mass is 16.5. The molecule has 0 N–H and O–H groups in total. The quantitative estimate of drug-likeness (QED) is 0.510. The van der Waals surface area contributed by atoms with E-state index in [1.54, 1.807) is 0 Å². The summed E-state index contributed by atoms with van der Waals surface area (Å²) in [5.41, 5.74) is 0. The maximum Gasteiger partial charge on any atom is 0.182 e. The van der Waals surface area contributed by atoms with Gasteiger partial charge in [0.1, 0.15) is 6.61 Å². The zero-order valence-electron chi connectivity index (χ0n) is 5.47. The van der Waals surface area contributed by atoms with Gasteiger partial charge in [0.15, 0.2) is 5.88 Å². The molecule has 0 saturated carbocycles. The molecule has 0 aromatic carbocycles. The Morgan fingerprint density at radius 2 is 2.56 bits per heavy atom. The van der Waals surface area contributed by atoms with Crippen molar-refractivity contribution in [1.82, 2.24) is 4.90 Å². The summed E-state index contributed by atoms with van der Waals surface area (Å²) in [5.74, 6) is 0.773. The van der Waals surface area contributed by atoms with Crippen LogP contribution < -0.4 is 0 Å². The van der Waals surface area contributed by atoms with Crippen LogP contribution >= 0.6 is 0 Å². The summed E-state index contributed by atoms with van der Waals surface area (Å²) in [7, 11) is 0. The maximum absolute atomic E-state index is 5.10. The standard InChI is InChI=1S/C7H11NO/c1-3-4-8-5-6-9-7(8)2/h3H,1-2,4-6H2. The lowest BCUT2D eigenvalue weighted by molar-refractivity contribution is 0.242. The molecule has 1 aliphatic rings. The van der Waals surface area contributed by atoms with Gasteiger partial charge in [0.2, 0.25) is 0 Å². The third kappa shape index (κ3) is 1.25. The van der Waals surface area contributed by atoms with Gasteiger partial charge < -0.3 is 9.64 Å². The van der Waals surface area contributed by atoms with E-state index < -0.39 is 0 Å². The van der Waals surface area contributed by atoms with Crippen LogP contribution in [0.5, 0.6) is 0 Å². The van der Waals surface area contributed by atoms with Crippen LogP contribution in [0.4, 0.5) is 0 Å². The first-order valence-electron chi connectivity index (χ1n) is 3.02. The van der Waals surface area contributed by atoms with Gasteiger partial charge in [-0.05, 0) is 6.58 Å². The molecule has 50 valence electrons. The zero-order chi connectivity index (χ0) is 6.69. The van der Waals surface area contributed by atoms with E-state index >= 15 is 0 Å². The Bertz CT molecular complexity index is 131. The lowest BCUT2D eigenvalue weighted by atomic mass is 10.5. The molecule has 9 heavy (non-hydrogen) atoms. The largest absolute Gasteiger partial charge is 0.478 e. The Kier molecular flexibility index (Phi) is 1.78. The molecule has 0 atom stereocenters. The van der Waals surface area contributed by atoms with Crippen LogP contribution in [0.15, 0.2) is 25.1 Å². The van der Waals surface area contributed by atoms with Crippen LogP contribution in [-0.4, -0.2) is 24.6 Å². The molecule has 2 nitrogen and oxygen atoms in total. The molecule has 0 bridgehead atoms. The van der Waals surface area contributed by atoms with E-state index in [0.717, 1.165) is 25.6 Å². The second kappa shape index (κ2) is 2.58. The van der Waals surface area contributed by atoms with E-state index in [1.165, 1.54) is 0 Å². The predicted octanol–water partition coefficient (Wildman–Crippen LogP) is 0.976. The number of nitrogens with zero attached hydrogens (tertiary/aromatic N) is 1. The third-order valence-electron chi connectivity index (χ3n) is 1.33. The summed E-state index contributed by atoms with van der Waals surface area (Å²) < 4.78 is 5.10. The fourth-order valence-corrected chi connectivity index (χ4v) is 0.839. The van der Waals surface area contributed by atoms with Gasteiger partial charge in [0.05, 0.1) is 6.54 Å². The first-order valence-corrected chi connectivity index (χ1v) is 3.02. The van der Waals surface area contributed by atoms with E-state index in [4.69, 9.17) is 4.74 Å². The lowest BCUT2D eigenvalue weighted by Gasteiger charge is -2.11. The molecule has 1 fully saturated rings. The molecular weight excluding hydrogens is 114 g/mol. The molecule has 0 aromatic rings. The second-order valence-corrected chi connectivity index (χ2v) is 1.98. The average molecular weight is 125 g/mol. The van der Waals surface area contributed by atoms with Crippen molar-refractivity contribution in [1.29, 1.82) is 0 Å². The van der Waals surface area contributed by atoms with Crippen LogP contribution in [0.3, 0.4) is 0 Å². The number of ether oxygens (including phenoxy) is 1. The van der Waals surface area contributed by atoms with Crippen LogP contribution in [0.1, 0.15) is 0 Å². The molecule has 1 heterocycles. The van der Waals surface area contributed by atoms with Gasteiger partial charge in [0.25, 0.3) is 0 Å². The highest BCUT2D eigenvalue weighted by molar-refractivity contribution is 4.91. The summed E-state index contributed by atoms with van der Waals surface area (Å²) in [5, 5.41) is 0. The minimum absolute atomic E-state index is 0.771. The lowest BCUT2D eigenvalue weighted by Crippen LogP contribution is -2.17. The summed E-state index contributed by atoms with van der Waals surface area (Å²) in [6.45, 7) is 9.90. The molecule has 0 aromatic heterocycles. The van der Waals surface area contributed by atoms with E-state index in [2.05, 4.69) is 13.2 Å². The molecule has 2 heteroatoms. The molecule has 1 saturated heterocycles. The third-order valence-corrected chi connectivity index (χ3v) is 1.33. The van der Waals surface area contributed by atoms with Crippen molar-refractivity contribution < 1.29 is 4.74 Å². The van der Waals surface area contributed by atoms with E-state index in [-0.39, 0.29) is 0 Å². The first kappa shape index (κ1) is 6.20. The summed E-state index contributed by atoms with van der Waals surface area (Å²) in [6.07, 6.45) is 1.85. The molecular formula is C7H11NO. The van der Waals surface area contributed by atoms with Crippen molar-refractivity contribution >= 4 is 0 Å². The molecule has 0 aliphatic carbocycles. The second-order valence-electron chi connectivity index (χ2n) is 1.98. The molecule has 0 unspecified atom stereocenters. The molecule has 1 rings (SSSR count). The Hall–Kier alpha value is -0.920. The Balaban J connectivity index is 2.39. The average Bonchev–Trinajstić information content (AvgIpc) is 2.18. The van der Waals surface area contributed by atoms with Crippen molar-refractivity contribution in [2.45, 2.75) is 0 Å². The van der Waals surface area contributed by atoms with Crippen molar-refractivity contribution in [3.63, 3.8) is 0 Å². The Morgan fingerprint density at radius 1 is 1.78 bits per heavy atom. The van der Waals surface area contributed by atoms with Crippen LogP contribution in [-0.2, 0) is 4.74 Å². The summed E-state index contributed by atoms with van der Waals surface area (Å²) in [6, 6.07) is 0. The first-order chi connectivity index (χ1) is 4.34. The van der Waals surface area contributed by atoms with Crippen LogP contribution in [0.25, 0.3) is 0 Å². The maximum atomic E-state index is 5.10.